The summed E-state index contributed by atoms with van der Waals surface area (Å²) < 4.78 is 0. The van der Waals surface area contributed by atoms with Gasteiger partial charge in [0.15, 0.2) is 0 Å². The lowest BCUT2D eigenvalue weighted by Crippen LogP contribution is -2.47. The lowest BCUT2D eigenvalue weighted by molar-refractivity contribution is -0.124. The number of benzene rings is 2. The van der Waals surface area contributed by atoms with Crippen LogP contribution in [0, 0.1) is 0 Å². The van der Waals surface area contributed by atoms with Crippen LogP contribution in [0.5, 0.6) is 0 Å². The topological polar surface area (TPSA) is 61.4 Å². The Labute approximate surface area is 158 Å². The van der Waals surface area contributed by atoms with E-state index in [9.17, 15) is 9.59 Å². The van der Waals surface area contributed by atoms with Gasteiger partial charge in [-0.2, -0.15) is 0 Å². The Hall–Kier alpha value is -2.53. The van der Waals surface area contributed by atoms with Crippen LogP contribution in [0.15, 0.2) is 54.6 Å². The molecular formula is C20H22ClN3O2. The van der Waals surface area contributed by atoms with E-state index >= 15 is 0 Å². The summed E-state index contributed by atoms with van der Waals surface area (Å²) in [6, 6.07) is 16.2. The number of rotatable bonds is 5. The van der Waals surface area contributed by atoms with Crippen molar-refractivity contribution in [2.45, 2.75) is 25.3 Å². The van der Waals surface area contributed by atoms with Crippen molar-refractivity contribution < 1.29 is 9.59 Å². The van der Waals surface area contributed by atoms with Crippen LogP contribution in [0.4, 0.5) is 10.5 Å². The molecule has 1 fully saturated rings. The van der Waals surface area contributed by atoms with E-state index in [1.54, 1.807) is 29.2 Å². The molecule has 2 aromatic rings. The summed E-state index contributed by atoms with van der Waals surface area (Å²) in [5, 5.41) is 6.39. The Balaban J connectivity index is 1.52. The molecule has 0 aliphatic carbocycles. The largest absolute Gasteiger partial charge is 0.354 e. The van der Waals surface area contributed by atoms with Gasteiger partial charge in [-0.15, -0.1) is 0 Å². The Morgan fingerprint density at radius 2 is 1.81 bits per heavy atom. The van der Waals surface area contributed by atoms with Gasteiger partial charge in [0.05, 0.1) is 0 Å². The number of nitrogens with one attached hydrogen (secondary N) is 2. The monoisotopic (exact) mass is 371 g/mol. The van der Waals surface area contributed by atoms with Gasteiger partial charge in [0, 0.05) is 23.8 Å². The van der Waals surface area contributed by atoms with Gasteiger partial charge in [-0.1, -0.05) is 41.9 Å². The fourth-order valence-corrected chi connectivity index (χ4v) is 3.23. The third-order valence-corrected chi connectivity index (χ3v) is 4.72. The molecule has 0 unspecified atom stereocenters. The highest BCUT2D eigenvalue weighted by atomic mass is 35.5. The van der Waals surface area contributed by atoms with Crippen LogP contribution in [0.25, 0.3) is 0 Å². The van der Waals surface area contributed by atoms with E-state index in [0.717, 1.165) is 12.8 Å². The zero-order chi connectivity index (χ0) is 18.4. The Bertz CT molecular complexity index is 749. The van der Waals surface area contributed by atoms with Crippen molar-refractivity contribution >= 4 is 29.2 Å². The smallest absolute Gasteiger partial charge is 0.322 e. The van der Waals surface area contributed by atoms with Gasteiger partial charge in [0.25, 0.3) is 0 Å². The molecule has 6 heteroatoms. The predicted molar refractivity (Wildman–Crippen MR) is 103 cm³/mol. The number of nitrogens with zero attached hydrogens (tertiary/aromatic N) is 1. The number of carbonyl (C=O) groups excluding carboxylic acids is 2. The van der Waals surface area contributed by atoms with Crippen molar-refractivity contribution in [1.82, 2.24) is 10.2 Å². The molecule has 1 saturated heterocycles. The van der Waals surface area contributed by atoms with E-state index in [1.807, 2.05) is 30.3 Å². The van der Waals surface area contributed by atoms with Crippen molar-refractivity contribution in [2.75, 3.05) is 18.4 Å². The molecule has 0 bridgehead atoms. The van der Waals surface area contributed by atoms with Crippen molar-refractivity contribution in [3.8, 4) is 0 Å². The third-order valence-electron chi connectivity index (χ3n) is 4.47. The SMILES string of the molecule is O=C(NCCc1ccccc1)[C@H]1CCCN1C(=O)Nc1ccc(Cl)cc1. The summed E-state index contributed by atoms with van der Waals surface area (Å²) in [6.07, 6.45) is 2.28. The first-order valence-electron chi connectivity index (χ1n) is 8.78. The predicted octanol–water partition coefficient (Wildman–Crippen LogP) is 3.70. The molecule has 3 rings (SSSR count). The highest BCUT2D eigenvalue weighted by Crippen LogP contribution is 2.20. The Morgan fingerprint density at radius 1 is 1.08 bits per heavy atom. The average molecular weight is 372 g/mol. The van der Waals surface area contributed by atoms with Crippen LogP contribution >= 0.6 is 11.6 Å². The molecule has 1 aliphatic rings. The van der Waals surface area contributed by atoms with Gasteiger partial charge >= 0.3 is 6.03 Å². The minimum absolute atomic E-state index is 0.0929. The van der Waals surface area contributed by atoms with Crippen LogP contribution in [0.1, 0.15) is 18.4 Å². The first-order valence-corrected chi connectivity index (χ1v) is 9.16. The second kappa shape index (κ2) is 8.72. The molecule has 26 heavy (non-hydrogen) atoms. The Kier molecular flexibility index (Phi) is 6.12. The maximum absolute atomic E-state index is 12.5. The van der Waals surface area contributed by atoms with E-state index in [4.69, 9.17) is 11.6 Å². The van der Waals surface area contributed by atoms with E-state index in [0.29, 0.717) is 30.2 Å². The number of anilines is 1. The van der Waals surface area contributed by atoms with Crippen LogP contribution in [-0.2, 0) is 11.2 Å². The minimum atomic E-state index is -0.418. The summed E-state index contributed by atoms with van der Waals surface area (Å²) in [5.74, 6) is -0.0929. The molecule has 2 N–H and O–H groups in total. The van der Waals surface area contributed by atoms with Gasteiger partial charge in [-0.3, -0.25) is 4.79 Å². The van der Waals surface area contributed by atoms with Crippen LogP contribution in [-0.4, -0.2) is 36.0 Å². The highest BCUT2D eigenvalue weighted by molar-refractivity contribution is 6.30. The van der Waals surface area contributed by atoms with Crippen molar-refractivity contribution in [3.05, 3.63) is 65.2 Å². The van der Waals surface area contributed by atoms with Crippen LogP contribution < -0.4 is 10.6 Å². The minimum Gasteiger partial charge on any atom is -0.354 e. The quantitative estimate of drug-likeness (QED) is 0.841. The molecule has 0 spiro atoms. The fourth-order valence-electron chi connectivity index (χ4n) is 3.10. The second-order valence-electron chi connectivity index (χ2n) is 6.32. The molecule has 136 valence electrons. The molecule has 0 aromatic heterocycles. The molecule has 1 aliphatic heterocycles. The summed E-state index contributed by atoms with van der Waals surface area (Å²) in [5.41, 5.74) is 1.84. The van der Waals surface area contributed by atoms with Crippen molar-refractivity contribution in [3.63, 3.8) is 0 Å². The number of carbonyl (C=O) groups is 2. The maximum Gasteiger partial charge on any atom is 0.322 e. The lowest BCUT2D eigenvalue weighted by Gasteiger charge is -2.24. The molecule has 2 aromatic carbocycles. The third kappa shape index (κ3) is 4.76. The molecule has 0 radical (unpaired) electrons. The van der Waals surface area contributed by atoms with Gasteiger partial charge in [0.2, 0.25) is 5.91 Å². The van der Waals surface area contributed by atoms with E-state index in [2.05, 4.69) is 10.6 Å². The maximum atomic E-state index is 12.5. The summed E-state index contributed by atoms with van der Waals surface area (Å²) in [7, 11) is 0. The van der Waals surface area contributed by atoms with Crippen LogP contribution in [0.3, 0.4) is 0 Å². The molecule has 1 heterocycles. The molecule has 5 nitrogen and oxygen atoms in total. The van der Waals surface area contributed by atoms with Gasteiger partial charge in [0.1, 0.15) is 6.04 Å². The van der Waals surface area contributed by atoms with E-state index < -0.39 is 6.04 Å². The zero-order valence-electron chi connectivity index (χ0n) is 14.5. The first-order chi connectivity index (χ1) is 12.6. The zero-order valence-corrected chi connectivity index (χ0v) is 15.2. The van der Waals surface area contributed by atoms with Gasteiger partial charge < -0.3 is 15.5 Å². The number of halogens is 1. The summed E-state index contributed by atoms with van der Waals surface area (Å²) in [6.45, 7) is 1.14. The number of likely N-dealkylation sites (tertiary alicyclic amines) is 1. The fraction of sp³-hybridized carbons (Fsp3) is 0.300. The molecule has 0 saturated carbocycles. The number of amides is 3. The van der Waals surface area contributed by atoms with Crippen molar-refractivity contribution in [2.24, 2.45) is 0 Å². The van der Waals surface area contributed by atoms with Crippen LogP contribution in [0.2, 0.25) is 5.02 Å². The molecular weight excluding hydrogens is 350 g/mol. The number of hydrogen-bond donors (Lipinski definition) is 2. The number of hydrogen-bond acceptors (Lipinski definition) is 2. The van der Waals surface area contributed by atoms with Gasteiger partial charge in [-0.05, 0) is 49.1 Å². The molecule has 3 amide bonds. The first kappa shape index (κ1) is 18.3. The standard InChI is InChI=1S/C20H22ClN3O2/c21-16-8-10-17(11-9-16)23-20(26)24-14-4-7-18(24)19(25)22-13-12-15-5-2-1-3-6-15/h1-3,5-6,8-11,18H,4,7,12-14H2,(H,22,25)(H,23,26)/t18-/m1/s1. The van der Waals surface area contributed by atoms with Crippen molar-refractivity contribution in [1.29, 1.82) is 0 Å². The summed E-state index contributed by atoms with van der Waals surface area (Å²) in [4.78, 5) is 26.6. The normalized spacial score (nSPS) is 16.3. The number of urea groups is 1. The average Bonchev–Trinajstić information content (AvgIpc) is 3.14. The highest BCUT2D eigenvalue weighted by Gasteiger charge is 2.33. The van der Waals surface area contributed by atoms with E-state index in [-0.39, 0.29) is 11.9 Å². The Morgan fingerprint density at radius 3 is 2.54 bits per heavy atom. The molecule has 1 atom stereocenters. The summed E-state index contributed by atoms with van der Waals surface area (Å²) >= 11 is 5.86. The second-order valence-corrected chi connectivity index (χ2v) is 6.75. The van der Waals surface area contributed by atoms with E-state index in [1.165, 1.54) is 5.56 Å². The lowest BCUT2D eigenvalue weighted by atomic mass is 10.1. The van der Waals surface area contributed by atoms with Gasteiger partial charge in [-0.25, -0.2) is 4.79 Å².